The van der Waals surface area contributed by atoms with Gasteiger partial charge in [-0.2, -0.15) is 0 Å². The van der Waals surface area contributed by atoms with Gasteiger partial charge < -0.3 is 14.2 Å². The SMILES string of the molecule is COc1ccnc2sc3c(=O)n(-c4ccc5c(c4)OCCO5)ccc3c12. The maximum absolute atomic E-state index is 13.1. The first-order valence-corrected chi connectivity index (χ1v) is 8.95. The van der Waals surface area contributed by atoms with Crippen LogP contribution in [0.1, 0.15) is 0 Å². The lowest BCUT2D eigenvalue weighted by atomic mass is 10.2. The minimum absolute atomic E-state index is 0.0933. The van der Waals surface area contributed by atoms with E-state index in [-0.39, 0.29) is 5.56 Å². The summed E-state index contributed by atoms with van der Waals surface area (Å²) in [7, 11) is 1.62. The predicted octanol–water partition coefficient (Wildman–Crippen LogP) is 3.38. The number of methoxy groups -OCH3 is 1. The molecule has 26 heavy (non-hydrogen) atoms. The molecule has 0 spiro atoms. The molecule has 0 saturated heterocycles. The molecule has 1 aliphatic heterocycles. The number of pyridine rings is 2. The first-order chi connectivity index (χ1) is 12.8. The second kappa shape index (κ2) is 5.74. The summed E-state index contributed by atoms with van der Waals surface area (Å²) in [6.45, 7) is 1.04. The molecule has 4 aromatic rings. The van der Waals surface area contributed by atoms with Gasteiger partial charge in [0.1, 0.15) is 28.5 Å². The van der Waals surface area contributed by atoms with E-state index in [9.17, 15) is 4.79 Å². The molecule has 0 aliphatic carbocycles. The van der Waals surface area contributed by atoms with Crippen molar-refractivity contribution in [3.8, 4) is 22.9 Å². The third-order valence-electron chi connectivity index (χ3n) is 4.42. The van der Waals surface area contributed by atoms with Crippen LogP contribution in [0, 0.1) is 0 Å². The zero-order valence-corrected chi connectivity index (χ0v) is 14.7. The number of hydrogen-bond donors (Lipinski definition) is 0. The van der Waals surface area contributed by atoms with E-state index in [0.29, 0.717) is 29.4 Å². The van der Waals surface area contributed by atoms with Crippen molar-refractivity contribution in [1.82, 2.24) is 9.55 Å². The molecule has 0 unspecified atom stereocenters. The van der Waals surface area contributed by atoms with Crippen molar-refractivity contribution in [2.24, 2.45) is 0 Å². The Morgan fingerprint density at radius 2 is 2.00 bits per heavy atom. The molecular weight excluding hydrogens is 352 g/mol. The van der Waals surface area contributed by atoms with Gasteiger partial charge in [0.25, 0.3) is 5.56 Å². The molecule has 1 aromatic carbocycles. The zero-order valence-electron chi connectivity index (χ0n) is 13.9. The van der Waals surface area contributed by atoms with Gasteiger partial charge in [-0.05, 0) is 24.3 Å². The predicted molar refractivity (Wildman–Crippen MR) is 100 cm³/mol. The number of aromatic nitrogens is 2. The van der Waals surface area contributed by atoms with E-state index in [2.05, 4.69) is 4.98 Å². The Bertz CT molecular complexity index is 1210. The molecule has 1 aliphatic rings. The van der Waals surface area contributed by atoms with Crippen molar-refractivity contribution in [3.63, 3.8) is 0 Å². The number of hydrogen-bond acceptors (Lipinski definition) is 6. The summed E-state index contributed by atoms with van der Waals surface area (Å²) in [6.07, 6.45) is 3.46. The first kappa shape index (κ1) is 15.2. The zero-order chi connectivity index (χ0) is 17.7. The van der Waals surface area contributed by atoms with Gasteiger partial charge in [0, 0.05) is 23.8 Å². The molecule has 4 heterocycles. The molecule has 0 N–H and O–H groups in total. The molecular formula is C19H14N2O4S. The normalized spacial score (nSPS) is 13.3. The van der Waals surface area contributed by atoms with Crippen LogP contribution in [0.5, 0.6) is 17.2 Å². The molecule has 0 saturated carbocycles. The van der Waals surface area contributed by atoms with Gasteiger partial charge in [0.2, 0.25) is 0 Å². The number of ether oxygens (including phenoxy) is 3. The van der Waals surface area contributed by atoms with Crippen LogP contribution < -0.4 is 19.8 Å². The highest BCUT2D eigenvalue weighted by molar-refractivity contribution is 7.25. The minimum atomic E-state index is -0.0933. The molecule has 0 radical (unpaired) electrons. The van der Waals surface area contributed by atoms with E-state index in [0.717, 1.165) is 27.0 Å². The fourth-order valence-corrected chi connectivity index (χ4v) is 4.30. The molecule has 3 aromatic heterocycles. The van der Waals surface area contributed by atoms with Gasteiger partial charge in [-0.15, -0.1) is 11.3 Å². The summed E-state index contributed by atoms with van der Waals surface area (Å²) in [5, 5.41) is 1.73. The fourth-order valence-electron chi connectivity index (χ4n) is 3.22. The molecule has 0 bridgehead atoms. The third-order valence-corrected chi connectivity index (χ3v) is 5.52. The Morgan fingerprint density at radius 1 is 1.15 bits per heavy atom. The van der Waals surface area contributed by atoms with E-state index in [4.69, 9.17) is 14.2 Å². The second-order valence-corrected chi connectivity index (χ2v) is 6.86. The third kappa shape index (κ3) is 2.17. The van der Waals surface area contributed by atoms with Crippen molar-refractivity contribution in [2.45, 2.75) is 0 Å². The number of rotatable bonds is 2. The Kier molecular flexibility index (Phi) is 3.36. The highest BCUT2D eigenvalue weighted by atomic mass is 32.1. The second-order valence-electron chi connectivity index (χ2n) is 5.86. The van der Waals surface area contributed by atoms with Crippen molar-refractivity contribution >= 4 is 31.6 Å². The van der Waals surface area contributed by atoms with Gasteiger partial charge in [-0.1, -0.05) is 0 Å². The standard InChI is InChI=1S/C19H14N2O4S/c1-23-14-4-6-20-18-16(14)12-5-7-21(19(22)17(12)26-18)11-2-3-13-15(10-11)25-9-8-24-13/h2-7,10H,8-9H2,1H3. The van der Waals surface area contributed by atoms with Gasteiger partial charge in [0.05, 0.1) is 18.2 Å². The summed E-state index contributed by atoms with van der Waals surface area (Å²) in [5.41, 5.74) is 0.641. The average molecular weight is 366 g/mol. The summed E-state index contributed by atoms with van der Waals surface area (Å²) < 4.78 is 18.9. The van der Waals surface area contributed by atoms with Crippen LogP contribution in [0.15, 0.2) is 47.5 Å². The molecule has 0 atom stereocenters. The molecule has 7 heteroatoms. The van der Waals surface area contributed by atoms with Gasteiger partial charge >= 0.3 is 0 Å². The smallest absolute Gasteiger partial charge is 0.273 e. The number of benzene rings is 1. The monoisotopic (exact) mass is 366 g/mol. The number of thiophene rings is 1. The first-order valence-electron chi connectivity index (χ1n) is 8.13. The van der Waals surface area contributed by atoms with E-state index >= 15 is 0 Å². The van der Waals surface area contributed by atoms with Crippen LogP contribution in [0.25, 0.3) is 26.0 Å². The van der Waals surface area contributed by atoms with Crippen LogP contribution in [-0.4, -0.2) is 29.9 Å². The molecule has 0 fully saturated rings. The average Bonchev–Trinajstić information content (AvgIpc) is 3.08. The maximum Gasteiger partial charge on any atom is 0.273 e. The Labute approximate surface area is 152 Å². The van der Waals surface area contributed by atoms with Crippen LogP contribution in [0.2, 0.25) is 0 Å². The Morgan fingerprint density at radius 3 is 2.85 bits per heavy atom. The van der Waals surface area contributed by atoms with Crippen molar-refractivity contribution < 1.29 is 14.2 Å². The molecule has 5 rings (SSSR count). The lowest BCUT2D eigenvalue weighted by Crippen LogP contribution is -2.18. The van der Waals surface area contributed by atoms with Crippen LogP contribution in [-0.2, 0) is 0 Å². The maximum atomic E-state index is 13.1. The summed E-state index contributed by atoms with van der Waals surface area (Å²) in [6, 6.07) is 9.24. The van der Waals surface area contributed by atoms with E-state index in [1.54, 1.807) is 30.1 Å². The van der Waals surface area contributed by atoms with Crippen molar-refractivity contribution in [2.75, 3.05) is 20.3 Å². The van der Waals surface area contributed by atoms with Crippen LogP contribution in [0.4, 0.5) is 0 Å². The highest BCUT2D eigenvalue weighted by Gasteiger charge is 2.17. The topological polar surface area (TPSA) is 62.6 Å². The Hall–Kier alpha value is -3.06. The lowest BCUT2D eigenvalue weighted by molar-refractivity contribution is 0.171. The van der Waals surface area contributed by atoms with E-state index in [1.165, 1.54) is 11.3 Å². The van der Waals surface area contributed by atoms with Crippen molar-refractivity contribution in [1.29, 1.82) is 0 Å². The molecule has 0 amide bonds. The van der Waals surface area contributed by atoms with Gasteiger partial charge in [-0.25, -0.2) is 4.98 Å². The minimum Gasteiger partial charge on any atom is -0.496 e. The summed E-state index contributed by atoms with van der Waals surface area (Å²) >= 11 is 1.38. The number of fused-ring (bicyclic) bond motifs is 4. The fraction of sp³-hybridized carbons (Fsp3) is 0.158. The van der Waals surface area contributed by atoms with Crippen LogP contribution >= 0.6 is 11.3 Å². The summed E-state index contributed by atoms with van der Waals surface area (Å²) in [4.78, 5) is 18.3. The van der Waals surface area contributed by atoms with Crippen molar-refractivity contribution in [3.05, 3.63) is 53.1 Å². The quantitative estimate of drug-likeness (QED) is 0.544. The van der Waals surface area contributed by atoms with Gasteiger partial charge in [0.15, 0.2) is 11.5 Å². The molecule has 6 nitrogen and oxygen atoms in total. The number of nitrogens with zero attached hydrogens (tertiary/aromatic N) is 2. The van der Waals surface area contributed by atoms with Crippen LogP contribution in [0.3, 0.4) is 0 Å². The Balaban J connectivity index is 1.74. The molecule has 130 valence electrons. The van der Waals surface area contributed by atoms with Gasteiger partial charge in [-0.3, -0.25) is 9.36 Å². The van der Waals surface area contributed by atoms with E-state index < -0.39 is 0 Å². The highest BCUT2D eigenvalue weighted by Crippen LogP contribution is 2.37. The largest absolute Gasteiger partial charge is 0.496 e. The lowest BCUT2D eigenvalue weighted by Gasteiger charge is -2.19. The van der Waals surface area contributed by atoms with E-state index in [1.807, 2.05) is 24.3 Å². The summed E-state index contributed by atoms with van der Waals surface area (Å²) in [5.74, 6) is 2.07.